The van der Waals surface area contributed by atoms with E-state index in [1.54, 1.807) is 7.11 Å². The van der Waals surface area contributed by atoms with Crippen molar-refractivity contribution in [2.75, 3.05) is 44.7 Å². The number of aryl methyl sites for hydroxylation is 1. The number of amides is 1. The van der Waals surface area contributed by atoms with Crippen molar-refractivity contribution < 1.29 is 9.53 Å². The quantitative estimate of drug-likeness (QED) is 0.803. The molecular weight excluding hydrogens is 290 g/mol. The van der Waals surface area contributed by atoms with Gasteiger partial charge < -0.3 is 20.3 Å². The van der Waals surface area contributed by atoms with Gasteiger partial charge in [0.05, 0.1) is 0 Å². The molecule has 128 valence electrons. The fourth-order valence-electron chi connectivity index (χ4n) is 3.11. The summed E-state index contributed by atoms with van der Waals surface area (Å²) in [7, 11) is 1.63. The zero-order chi connectivity index (χ0) is 16.7. The fourth-order valence-corrected chi connectivity index (χ4v) is 3.11. The molecule has 1 aliphatic rings. The predicted molar refractivity (Wildman–Crippen MR) is 93.9 cm³/mol. The van der Waals surface area contributed by atoms with Gasteiger partial charge in [-0.05, 0) is 57.5 Å². The number of likely N-dealkylation sites (N-methyl/N-ethyl adjacent to an activating group) is 1. The third kappa shape index (κ3) is 4.45. The van der Waals surface area contributed by atoms with Gasteiger partial charge in [-0.25, -0.2) is 0 Å². The Balaban J connectivity index is 1.88. The van der Waals surface area contributed by atoms with Crippen molar-refractivity contribution in [1.29, 1.82) is 0 Å². The summed E-state index contributed by atoms with van der Waals surface area (Å²) in [6, 6.07) is 8.45. The highest BCUT2D eigenvalue weighted by Crippen LogP contribution is 2.22. The lowest BCUT2D eigenvalue weighted by molar-refractivity contribution is -0.146. The number of rotatable bonds is 7. The molecule has 1 fully saturated rings. The molecule has 1 aliphatic heterocycles. The van der Waals surface area contributed by atoms with Gasteiger partial charge in [-0.2, -0.15) is 0 Å². The lowest BCUT2D eigenvalue weighted by Gasteiger charge is -2.35. The molecule has 1 heterocycles. The van der Waals surface area contributed by atoms with Crippen LogP contribution in [0.15, 0.2) is 24.3 Å². The highest BCUT2D eigenvalue weighted by Gasteiger charge is 2.39. The van der Waals surface area contributed by atoms with E-state index < -0.39 is 5.60 Å². The van der Waals surface area contributed by atoms with Crippen LogP contribution in [0.5, 0.6) is 0 Å². The Morgan fingerprint density at radius 2 is 2.13 bits per heavy atom. The Labute approximate surface area is 139 Å². The van der Waals surface area contributed by atoms with Gasteiger partial charge in [0.1, 0.15) is 5.60 Å². The summed E-state index contributed by atoms with van der Waals surface area (Å²) < 4.78 is 5.56. The minimum atomic E-state index is -0.661. The van der Waals surface area contributed by atoms with Crippen molar-refractivity contribution in [2.24, 2.45) is 0 Å². The Morgan fingerprint density at radius 3 is 2.74 bits per heavy atom. The number of carbonyl (C=O) groups is 1. The summed E-state index contributed by atoms with van der Waals surface area (Å²) in [5, 5.41) is 6.33. The molecule has 1 aromatic rings. The molecule has 1 amide bonds. The lowest BCUT2D eigenvalue weighted by Crippen LogP contribution is -2.55. The second-order valence-electron chi connectivity index (χ2n) is 6.12. The number of carbonyl (C=O) groups excluding carboxylic acids is 1. The van der Waals surface area contributed by atoms with E-state index in [1.165, 1.54) is 11.3 Å². The third-order valence-electron chi connectivity index (χ3n) is 4.63. The summed E-state index contributed by atoms with van der Waals surface area (Å²) in [5.74, 6) is 0.0156. The van der Waals surface area contributed by atoms with Gasteiger partial charge >= 0.3 is 0 Å². The summed E-state index contributed by atoms with van der Waals surface area (Å²) in [6.07, 6.45) is 1.45. The number of hydrogen-bond acceptors (Lipinski definition) is 4. The van der Waals surface area contributed by atoms with Gasteiger partial charge in [0.25, 0.3) is 5.91 Å². The normalized spacial score (nSPS) is 16.8. The van der Waals surface area contributed by atoms with Crippen LogP contribution in [0.25, 0.3) is 0 Å². The summed E-state index contributed by atoms with van der Waals surface area (Å²) >= 11 is 0. The van der Waals surface area contributed by atoms with Crippen molar-refractivity contribution in [2.45, 2.75) is 32.3 Å². The first kappa shape index (κ1) is 17.8. The van der Waals surface area contributed by atoms with Gasteiger partial charge in [0.15, 0.2) is 0 Å². The SMILES string of the molecule is CCN(CCNC(=O)C1(OC)CCNCC1)c1cccc(C)c1. The van der Waals surface area contributed by atoms with E-state index in [0.29, 0.717) is 6.54 Å². The van der Waals surface area contributed by atoms with Crippen LogP contribution < -0.4 is 15.5 Å². The smallest absolute Gasteiger partial charge is 0.252 e. The number of ether oxygens (including phenoxy) is 1. The van der Waals surface area contributed by atoms with Crippen LogP contribution in [0.1, 0.15) is 25.3 Å². The van der Waals surface area contributed by atoms with Gasteiger partial charge in [0.2, 0.25) is 0 Å². The molecule has 0 unspecified atom stereocenters. The van der Waals surface area contributed by atoms with E-state index >= 15 is 0 Å². The van der Waals surface area contributed by atoms with Gasteiger partial charge in [-0.15, -0.1) is 0 Å². The maximum Gasteiger partial charge on any atom is 0.252 e. The summed E-state index contributed by atoms with van der Waals surface area (Å²) in [4.78, 5) is 14.8. The Bertz CT molecular complexity index is 513. The number of benzene rings is 1. The van der Waals surface area contributed by atoms with Gasteiger partial charge in [-0.3, -0.25) is 4.79 Å². The number of hydrogen-bond donors (Lipinski definition) is 2. The largest absolute Gasteiger partial charge is 0.370 e. The molecule has 0 atom stereocenters. The van der Waals surface area contributed by atoms with E-state index in [2.05, 4.69) is 53.6 Å². The molecule has 0 spiro atoms. The summed E-state index contributed by atoms with van der Waals surface area (Å²) in [5.41, 5.74) is 1.79. The highest BCUT2D eigenvalue weighted by atomic mass is 16.5. The van der Waals surface area contributed by atoms with E-state index in [1.807, 2.05) is 0 Å². The van der Waals surface area contributed by atoms with Crippen LogP contribution in [0.4, 0.5) is 5.69 Å². The standard InChI is InChI=1S/C18H29N3O2/c1-4-21(16-7-5-6-15(2)14-16)13-12-20-17(22)18(23-3)8-10-19-11-9-18/h5-7,14,19H,4,8-13H2,1-3H3,(H,20,22). The Kier molecular flexibility index (Phi) is 6.42. The fraction of sp³-hybridized carbons (Fsp3) is 0.611. The highest BCUT2D eigenvalue weighted by molar-refractivity contribution is 5.85. The van der Waals surface area contributed by atoms with Gasteiger partial charge in [-0.1, -0.05) is 12.1 Å². The topological polar surface area (TPSA) is 53.6 Å². The van der Waals surface area contributed by atoms with E-state index in [0.717, 1.165) is 39.0 Å². The minimum absolute atomic E-state index is 0.0156. The van der Waals surface area contributed by atoms with Crippen LogP contribution in [-0.2, 0) is 9.53 Å². The first-order valence-electron chi connectivity index (χ1n) is 8.47. The molecule has 1 saturated heterocycles. The number of anilines is 1. The molecule has 5 nitrogen and oxygen atoms in total. The molecule has 0 radical (unpaired) electrons. The molecule has 0 saturated carbocycles. The average Bonchev–Trinajstić information content (AvgIpc) is 2.59. The third-order valence-corrected chi connectivity index (χ3v) is 4.63. The molecule has 0 aromatic heterocycles. The second kappa shape index (κ2) is 8.31. The Morgan fingerprint density at radius 1 is 1.39 bits per heavy atom. The number of nitrogens with zero attached hydrogens (tertiary/aromatic N) is 1. The predicted octanol–water partition coefficient (Wildman–Crippen LogP) is 1.71. The van der Waals surface area contributed by atoms with Crippen LogP contribution in [0.2, 0.25) is 0 Å². The number of nitrogens with one attached hydrogen (secondary N) is 2. The molecule has 5 heteroatoms. The Hall–Kier alpha value is -1.59. The molecule has 23 heavy (non-hydrogen) atoms. The molecular formula is C18H29N3O2. The van der Waals surface area contributed by atoms with Crippen molar-refractivity contribution in [3.8, 4) is 0 Å². The number of methoxy groups -OCH3 is 1. The maximum atomic E-state index is 12.5. The molecule has 0 aliphatic carbocycles. The first-order valence-corrected chi connectivity index (χ1v) is 8.47. The average molecular weight is 319 g/mol. The molecule has 1 aromatic carbocycles. The zero-order valence-electron chi connectivity index (χ0n) is 14.5. The minimum Gasteiger partial charge on any atom is -0.370 e. The van der Waals surface area contributed by atoms with E-state index in [4.69, 9.17) is 4.74 Å². The van der Waals surface area contributed by atoms with Crippen LogP contribution >= 0.6 is 0 Å². The molecule has 2 N–H and O–H groups in total. The van der Waals surface area contributed by atoms with Crippen molar-refractivity contribution in [3.63, 3.8) is 0 Å². The lowest BCUT2D eigenvalue weighted by atomic mass is 9.91. The van der Waals surface area contributed by atoms with Gasteiger partial charge in [0, 0.05) is 32.4 Å². The van der Waals surface area contributed by atoms with E-state index in [-0.39, 0.29) is 5.91 Å². The monoisotopic (exact) mass is 319 g/mol. The maximum absolute atomic E-state index is 12.5. The van der Waals surface area contributed by atoms with Crippen LogP contribution in [0, 0.1) is 6.92 Å². The van der Waals surface area contributed by atoms with E-state index in [9.17, 15) is 4.79 Å². The number of piperidine rings is 1. The molecule has 2 rings (SSSR count). The summed E-state index contributed by atoms with van der Waals surface area (Å²) in [6.45, 7) is 8.21. The van der Waals surface area contributed by atoms with Crippen molar-refractivity contribution >= 4 is 11.6 Å². The zero-order valence-corrected chi connectivity index (χ0v) is 14.5. The van der Waals surface area contributed by atoms with Crippen LogP contribution in [0.3, 0.4) is 0 Å². The molecule has 0 bridgehead atoms. The second-order valence-corrected chi connectivity index (χ2v) is 6.12. The van der Waals surface area contributed by atoms with Crippen molar-refractivity contribution in [3.05, 3.63) is 29.8 Å². The first-order chi connectivity index (χ1) is 11.1. The van der Waals surface area contributed by atoms with Crippen LogP contribution in [-0.4, -0.2) is 51.3 Å². The van der Waals surface area contributed by atoms with Crippen molar-refractivity contribution in [1.82, 2.24) is 10.6 Å².